The van der Waals surface area contributed by atoms with Crippen LogP contribution < -0.4 is 5.32 Å². The molecule has 0 radical (unpaired) electrons. The van der Waals surface area contributed by atoms with Crippen LogP contribution in [0.1, 0.15) is 35.6 Å². The van der Waals surface area contributed by atoms with Crippen molar-refractivity contribution in [3.05, 3.63) is 51.9 Å². The SMILES string of the molecule is Cc1nc(C)c(C#N)c(SCC(=O)NC(C)c2ccc(Cl)cc2)n1. The lowest BCUT2D eigenvalue weighted by molar-refractivity contribution is -0.119. The van der Waals surface area contributed by atoms with Crippen LogP contribution in [0.2, 0.25) is 5.02 Å². The van der Waals surface area contributed by atoms with Crippen LogP contribution in [0.3, 0.4) is 0 Å². The number of amides is 1. The minimum Gasteiger partial charge on any atom is -0.349 e. The number of rotatable bonds is 5. The van der Waals surface area contributed by atoms with Crippen LogP contribution in [-0.4, -0.2) is 21.6 Å². The second-order valence-electron chi connectivity index (χ2n) is 5.28. The van der Waals surface area contributed by atoms with E-state index in [2.05, 4.69) is 21.4 Å². The molecular formula is C17H17ClN4OS. The number of hydrogen-bond acceptors (Lipinski definition) is 5. The molecule has 0 fully saturated rings. The lowest BCUT2D eigenvalue weighted by Gasteiger charge is -2.14. The summed E-state index contributed by atoms with van der Waals surface area (Å²) in [6.45, 7) is 5.44. The maximum atomic E-state index is 12.2. The normalized spacial score (nSPS) is 11.6. The molecule has 0 saturated carbocycles. The van der Waals surface area contributed by atoms with Crippen LogP contribution >= 0.6 is 23.4 Å². The molecule has 0 aliphatic heterocycles. The monoisotopic (exact) mass is 360 g/mol. The fourth-order valence-corrected chi connectivity index (χ4v) is 3.18. The molecule has 7 heteroatoms. The van der Waals surface area contributed by atoms with Gasteiger partial charge in [-0.25, -0.2) is 9.97 Å². The van der Waals surface area contributed by atoms with E-state index in [0.717, 1.165) is 5.56 Å². The van der Waals surface area contributed by atoms with E-state index in [1.807, 2.05) is 19.1 Å². The molecule has 0 saturated heterocycles. The minimum absolute atomic E-state index is 0.125. The third-order valence-corrected chi connectivity index (χ3v) is 4.60. The van der Waals surface area contributed by atoms with E-state index in [4.69, 9.17) is 11.6 Å². The average molecular weight is 361 g/mol. The van der Waals surface area contributed by atoms with Gasteiger partial charge in [0.2, 0.25) is 5.91 Å². The molecule has 124 valence electrons. The Bertz CT molecular complexity index is 786. The fraction of sp³-hybridized carbons (Fsp3) is 0.294. The molecule has 1 unspecified atom stereocenters. The summed E-state index contributed by atoms with van der Waals surface area (Å²) in [4.78, 5) is 20.6. The summed E-state index contributed by atoms with van der Waals surface area (Å²) in [5, 5.41) is 13.3. The molecule has 1 amide bonds. The molecule has 1 N–H and O–H groups in total. The van der Waals surface area contributed by atoms with Crippen LogP contribution in [0.5, 0.6) is 0 Å². The zero-order valence-electron chi connectivity index (χ0n) is 13.6. The Balaban J connectivity index is 1.99. The highest BCUT2D eigenvalue weighted by atomic mass is 35.5. The van der Waals surface area contributed by atoms with Gasteiger partial charge in [0, 0.05) is 5.02 Å². The molecule has 2 aromatic rings. The molecule has 1 heterocycles. The fourth-order valence-electron chi connectivity index (χ4n) is 2.17. The van der Waals surface area contributed by atoms with Crippen LogP contribution in [0, 0.1) is 25.2 Å². The Labute approximate surface area is 150 Å². The lowest BCUT2D eigenvalue weighted by Crippen LogP contribution is -2.28. The summed E-state index contributed by atoms with van der Waals surface area (Å²) in [6, 6.07) is 9.32. The molecule has 1 aromatic heterocycles. The van der Waals surface area contributed by atoms with Crippen molar-refractivity contribution in [1.82, 2.24) is 15.3 Å². The van der Waals surface area contributed by atoms with E-state index in [1.54, 1.807) is 26.0 Å². The van der Waals surface area contributed by atoms with Crippen LogP contribution in [0.4, 0.5) is 0 Å². The first-order chi connectivity index (χ1) is 11.4. The summed E-state index contributed by atoms with van der Waals surface area (Å²) in [6.07, 6.45) is 0. The second kappa shape index (κ2) is 8.13. The lowest BCUT2D eigenvalue weighted by atomic mass is 10.1. The van der Waals surface area contributed by atoms with Gasteiger partial charge in [0.25, 0.3) is 0 Å². The number of nitrogens with zero attached hydrogens (tertiary/aromatic N) is 3. The molecular weight excluding hydrogens is 344 g/mol. The molecule has 2 rings (SSSR count). The molecule has 5 nitrogen and oxygen atoms in total. The number of carbonyl (C=O) groups is 1. The minimum atomic E-state index is -0.125. The van der Waals surface area contributed by atoms with Gasteiger partial charge in [0.1, 0.15) is 22.5 Å². The highest BCUT2D eigenvalue weighted by Crippen LogP contribution is 2.22. The van der Waals surface area contributed by atoms with E-state index >= 15 is 0 Å². The van der Waals surface area contributed by atoms with Crippen molar-refractivity contribution in [1.29, 1.82) is 5.26 Å². The van der Waals surface area contributed by atoms with Gasteiger partial charge in [-0.3, -0.25) is 4.79 Å². The predicted molar refractivity (Wildman–Crippen MR) is 95.0 cm³/mol. The molecule has 0 spiro atoms. The zero-order chi connectivity index (χ0) is 17.7. The Kier molecular flexibility index (Phi) is 6.18. The topological polar surface area (TPSA) is 78.7 Å². The summed E-state index contributed by atoms with van der Waals surface area (Å²) in [5.74, 6) is 0.645. The van der Waals surface area contributed by atoms with Gasteiger partial charge in [0.05, 0.1) is 17.5 Å². The first-order valence-corrected chi connectivity index (χ1v) is 8.70. The summed E-state index contributed by atoms with van der Waals surface area (Å²) >= 11 is 7.11. The van der Waals surface area contributed by atoms with E-state index in [9.17, 15) is 10.1 Å². The Morgan fingerprint density at radius 3 is 2.62 bits per heavy atom. The number of benzene rings is 1. The number of aromatic nitrogens is 2. The van der Waals surface area contributed by atoms with Crippen LogP contribution in [0.15, 0.2) is 29.3 Å². The van der Waals surface area contributed by atoms with E-state index in [0.29, 0.717) is 27.1 Å². The number of aryl methyl sites for hydroxylation is 2. The molecule has 0 bridgehead atoms. The second-order valence-corrected chi connectivity index (χ2v) is 6.68. The van der Waals surface area contributed by atoms with Crippen molar-refractivity contribution < 1.29 is 4.79 Å². The summed E-state index contributed by atoms with van der Waals surface area (Å²) in [7, 11) is 0. The smallest absolute Gasteiger partial charge is 0.230 e. The standard InChI is InChI=1S/C17H17ClN4OS/c1-10(13-4-6-14(18)7-5-13)21-16(23)9-24-17-15(8-19)11(2)20-12(3)22-17/h4-7,10H,9H2,1-3H3,(H,21,23). The molecule has 1 aromatic carbocycles. The number of carbonyl (C=O) groups excluding carboxylic acids is 1. The van der Waals surface area contributed by atoms with Gasteiger partial charge in [-0.15, -0.1) is 0 Å². The Hall–Kier alpha value is -2.10. The van der Waals surface area contributed by atoms with Crippen molar-refractivity contribution in [3.63, 3.8) is 0 Å². The number of nitriles is 1. The quantitative estimate of drug-likeness (QED) is 0.651. The first kappa shape index (κ1) is 18.2. The first-order valence-electron chi connectivity index (χ1n) is 7.33. The van der Waals surface area contributed by atoms with Crippen molar-refractivity contribution in [2.75, 3.05) is 5.75 Å². The number of hydrogen-bond donors (Lipinski definition) is 1. The highest BCUT2D eigenvalue weighted by molar-refractivity contribution is 8.00. The van der Waals surface area contributed by atoms with Crippen molar-refractivity contribution >= 4 is 29.3 Å². The van der Waals surface area contributed by atoms with Crippen molar-refractivity contribution in [2.24, 2.45) is 0 Å². The largest absolute Gasteiger partial charge is 0.349 e. The number of halogens is 1. The van der Waals surface area contributed by atoms with Gasteiger partial charge in [-0.05, 0) is 38.5 Å². The van der Waals surface area contributed by atoms with Gasteiger partial charge in [0.15, 0.2) is 0 Å². The van der Waals surface area contributed by atoms with Crippen molar-refractivity contribution in [3.8, 4) is 6.07 Å². The highest BCUT2D eigenvalue weighted by Gasteiger charge is 2.14. The molecule has 24 heavy (non-hydrogen) atoms. The Morgan fingerprint density at radius 2 is 2.00 bits per heavy atom. The van der Waals surface area contributed by atoms with Gasteiger partial charge in [-0.2, -0.15) is 5.26 Å². The molecule has 0 aliphatic carbocycles. The summed E-state index contributed by atoms with van der Waals surface area (Å²) < 4.78 is 0. The maximum absolute atomic E-state index is 12.2. The van der Waals surface area contributed by atoms with E-state index in [1.165, 1.54) is 11.8 Å². The third-order valence-electron chi connectivity index (χ3n) is 3.37. The van der Waals surface area contributed by atoms with E-state index < -0.39 is 0 Å². The summed E-state index contributed by atoms with van der Waals surface area (Å²) in [5.41, 5.74) is 2.02. The average Bonchev–Trinajstić information content (AvgIpc) is 2.53. The van der Waals surface area contributed by atoms with E-state index in [-0.39, 0.29) is 17.7 Å². The number of nitrogens with one attached hydrogen (secondary N) is 1. The van der Waals surface area contributed by atoms with Gasteiger partial charge in [-0.1, -0.05) is 35.5 Å². The van der Waals surface area contributed by atoms with Gasteiger partial charge < -0.3 is 5.32 Å². The predicted octanol–water partition coefficient (Wildman–Crippen LogP) is 3.59. The third kappa shape index (κ3) is 4.70. The molecule has 0 aliphatic rings. The van der Waals surface area contributed by atoms with Crippen molar-refractivity contribution in [2.45, 2.75) is 31.8 Å². The van der Waals surface area contributed by atoms with Crippen LogP contribution in [-0.2, 0) is 4.79 Å². The number of thioether (sulfide) groups is 1. The molecule has 1 atom stereocenters. The van der Waals surface area contributed by atoms with Gasteiger partial charge >= 0.3 is 0 Å². The Morgan fingerprint density at radius 1 is 1.33 bits per heavy atom. The maximum Gasteiger partial charge on any atom is 0.230 e. The zero-order valence-corrected chi connectivity index (χ0v) is 15.2. The van der Waals surface area contributed by atoms with Crippen LogP contribution in [0.25, 0.3) is 0 Å².